The molecule has 0 N–H and O–H groups in total. The molecule has 0 spiro atoms. The molecule has 0 aliphatic carbocycles. The second-order valence-corrected chi connectivity index (χ2v) is 3.71. The lowest BCUT2D eigenvalue weighted by atomic mass is 10.1. The second-order valence-electron chi connectivity index (χ2n) is 3.71. The maximum atomic E-state index is 11.9. The second kappa shape index (κ2) is 7.68. The highest BCUT2D eigenvalue weighted by atomic mass is 19.3. The molecular formula is C13H16F2O4. The highest BCUT2D eigenvalue weighted by Gasteiger charge is 2.13. The third-order valence-corrected chi connectivity index (χ3v) is 2.43. The van der Waals surface area contributed by atoms with Crippen LogP contribution in [0, 0.1) is 0 Å². The van der Waals surface area contributed by atoms with Gasteiger partial charge in [-0.05, 0) is 12.1 Å². The third-order valence-electron chi connectivity index (χ3n) is 2.43. The molecule has 0 saturated heterocycles. The zero-order valence-corrected chi connectivity index (χ0v) is 10.8. The quantitative estimate of drug-likeness (QED) is 0.540. The van der Waals surface area contributed by atoms with Gasteiger partial charge in [-0.1, -0.05) is 0 Å². The summed E-state index contributed by atoms with van der Waals surface area (Å²) >= 11 is 0. The number of ether oxygens (including phenoxy) is 3. The minimum Gasteiger partial charge on any atom is -0.497 e. The Bertz CT molecular complexity index is 421. The number of methoxy groups -OCH3 is 2. The number of ketones is 1. The predicted molar refractivity (Wildman–Crippen MR) is 65.3 cm³/mol. The number of alkyl halides is 2. The van der Waals surface area contributed by atoms with E-state index in [0.29, 0.717) is 17.1 Å². The fourth-order valence-electron chi connectivity index (χ4n) is 1.50. The summed E-state index contributed by atoms with van der Waals surface area (Å²) in [6.45, 7) is -0.703. The van der Waals surface area contributed by atoms with Gasteiger partial charge in [0.2, 0.25) is 0 Å². The molecule has 0 unspecified atom stereocenters. The Kier molecular flexibility index (Phi) is 6.21. The van der Waals surface area contributed by atoms with Crippen molar-refractivity contribution in [2.75, 3.05) is 27.4 Å². The zero-order valence-electron chi connectivity index (χ0n) is 10.8. The van der Waals surface area contributed by atoms with Gasteiger partial charge in [0.1, 0.15) is 18.1 Å². The van der Waals surface area contributed by atoms with Gasteiger partial charge in [0.15, 0.2) is 5.78 Å². The topological polar surface area (TPSA) is 44.8 Å². The van der Waals surface area contributed by atoms with Crippen molar-refractivity contribution >= 4 is 5.78 Å². The van der Waals surface area contributed by atoms with Crippen LogP contribution in [0.1, 0.15) is 16.8 Å². The molecule has 4 nitrogen and oxygen atoms in total. The monoisotopic (exact) mass is 274 g/mol. The molecule has 0 amide bonds. The first-order valence-electron chi connectivity index (χ1n) is 5.69. The molecular weight excluding hydrogens is 258 g/mol. The predicted octanol–water partition coefficient (Wildman–Crippen LogP) is 2.56. The summed E-state index contributed by atoms with van der Waals surface area (Å²) < 4.78 is 38.5. The van der Waals surface area contributed by atoms with Gasteiger partial charge in [-0.2, -0.15) is 0 Å². The number of carbonyl (C=O) groups excluding carboxylic acids is 1. The van der Waals surface area contributed by atoms with Crippen LogP contribution in [-0.4, -0.2) is 39.6 Å². The van der Waals surface area contributed by atoms with Gasteiger partial charge in [0, 0.05) is 12.5 Å². The summed E-state index contributed by atoms with van der Waals surface area (Å²) in [6.07, 6.45) is -2.50. The van der Waals surface area contributed by atoms with E-state index in [1.165, 1.54) is 14.2 Å². The summed E-state index contributed by atoms with van der Waals surface area (Å²) in [5.41, 5.74) is 0.379. The Hall–Kier alpha value is -1.69. The van der Waals surface area contributed by atoms with E-state index < -0.39 is 13.0 Å². The van der Waals surface area contributed by atoms with Crippen molar-refractivity contribution < 1.29 is 27.8 Å². The molecule has 0 radical (unpaired) electrons. The smallest absolute Gasteiger partial charge is 0.261 e. The van der Waals surface area contributed by atoms with Gasteiger partial charge in [0.25, 0.3) is 6.43 Å². The van der Waals surface area contributed by atoms with Gasteiger partial charge in [0.05, 0.1) is 26.4 Å². The average Bonchev–Trinajstić information content (AvgIpc) is 2.42. The van der Waals surface area contributed by atoms with Crippen molar-refractivity contribution in [3.63, 3.8) is 0 Å². The molecule has 6 heteroatoms. The first kappa shape index (κ1) is 15.4. The number of hydrogen-bond acceptors (Lipinski definition) is 4. The van der Waals surface area contributed by atoms with Crippen molar-refractivity contribution in [3.05, 3.63) is 23.8 Å². The summed E-state index contributed by atoms with van der Waals surface area (Å²) in [7, 11) is 2.95. The van der Waals surface area contributed by atoms with Gasteiger partial charge < -0.3 is 14.2 Å². The molecule has 106 valence electrons. The minimum atomic E-state index is -2.52. The van der Waals surface area contributed by atoms with Crippen LogP contribution < -0.4 is 9.47 Å². The number of carbonyl (C=O) groups is 1. The van der Waals surface area contributed by atoms with Crippen molar-refractivity contribution in [1.82, 2.24) is 0 Å². The average molecular weight is 274 g/mol. The van der Waals surface area contributed by atoms with Crippen LogP contribution in [0.4, 0.5) is 8.78 Å². The lowest BCUT2D eigenvalue weighted by Gasteiger charge is -2.09. The Morgan fingerprint density at radius 2 is 2.00 bits per heavy atom. The Morgan fingerprint density at radius 1 is 1.26 bits per heavy atom. The molecule has 0 atom stereocenters. The Labute approximate surface area is 110 Å². The number of Topliss-reactive ketones (excluding diaryl/α,β-unsaturated/α-hetero) is 1. The van der Waals surface area contributed by atoms with E-state index in [9.17, 15) is 13.6 Å². The molecule has 0 saturated carbocycles. The van der Waals surface area contributed by atoms with E-state index in [4.69, 9.17) is 9.47 Å². The van der Waals surface area contributed by atoms with Crippen LogP contribution in [0.25, 0.3) is 0 Å². The fraction of sp³-hybridized carbons (Fsp3) is 0.462. The highest BCUT2D eigenvalue weighted by Crippen LogP contribution is 2.25. The summed E-state index contributed by atoms with van der Waals surface area (Å²) in [6, 6.07) is 4.80. The molecule has 0 bridgehead atoms. The lowest BCUT2D eigenvalue weighted by Crippen LogP contribution is -2.10. The molecule has 1 aromatic rings. The van der Waals surface area contributed by atoms with Crippen LogP contribution in [0.2, 0.25) is 0 Å². The first-order valence-corrected chi connectivity index (χ1v) is 5.69. The van der Waals surface area contributed by atoms with Crippen LogP contribution in [0.3, 0.4) is 0 Å². The molecule has 1 rings (SSSR count). The lowest BCUT2D eigenvalue weighted by molar-refractivity contribution is 0.0169. The largest absolute Gasteiger partial charge is 0.497 e. The number of benzene rings is 1. The van der Waals surface area contributed by atoms with Crippen molar-refractivity contribution in [1.29, 1.82) is 0 Å². The van der Waals surface area contributed by atoms with E-state index in [2.05, 4.69) is 4.74 Å². The first-order chi connectivity index (χ1) is 9.08. The van der Waals surface area contributed by atoms with E-state index in [-0.39, 0.29) is 18.8 Å². The molecule has 19 heavy (non-hydrogen) atoms. The normalized spacial score (nSPS) is 10.6. The van der Waals surface area contributed by atoms with Crippen LogP contribution in [0.5, 0.6) is 11.5 Å². The number of halogens is 2. The van der Waals surface area contributed by atoms with E-state index in [1.54, 1.807) is 18.2 Å². The van der Waals surface area contributed by atoms with E-state index in [0.717, 1.165) is 0 Å². The SMILES string of the molecule is COc1ccc(C(=O)CCOCC(F)F)c(OC)c1. The van der Waals surface area contributed by atoms with Crippen molar-refractivity contribution in [3.8, 4) is 11.5 Å². The maximum absolute atomic E-state index is 11.9. The molecule has 0 fully saturated rings. The van der Waals surface area contributed by atoms with Crippen LogP contribution >= 0.6 is 0 Å². The molecule has 1 aromatic carbocycles. The van der Waals surface area contributed by atoms with E-state index >= 15 is 0 Å². The summed E-state index contributed by atoms with van der Waals surface area (Å²) in [4.78, 5) is 11.9. The fourth-order valence-corrected chi connectivity index (χ4v) is 1.50. The van der Waals surface area contributed by atoms with E-state index in [1.807, 2.05) is 0 Å². The standard InChI is InChI=1S/C13H16F2O4/c1-17-9-3-4-10(12(7-9)18-2)11(16)5-6-19-8-13(14)15/h3-4,7,13H,5-6,8H2,1-2H3. The summed E-state index contributed by atoms with van der Waals surface area (Å²) in [5.74, 6) is 0.731. The third kappa shape index (κ3) is 4.82. The maximum Gasteiger partial charge on any atom is 0.261 e. The Morgan fingerprint density at radius 3 is 2.58 bits per heavy atom. The summed E-state index contributed by atoms with van der Waals surface area (Å²) in [5, 5.41) is 0. The molecule has 0 heterocycles. The van der Waals surface area contributed by atoms with Gasteiger partial charge >= 0.3 is 0 Å². The highest BCUT2D eigenvalue weighted by molar-refractivity contribution is 5.98. The van der Waals surface area contributed by atoms with Crippen LogP contribution in [0.15, 0.2) is 18.2 Å². The van der Waals surface area contributed by atoms with Crippen LogP contribution in [-0.2, 0) is 4.74 Å². The van der Waals surface area contributed by atoms with Gasteiger partial charge in [-0.15, -0.1) is 0 Å². The Balaban J connectivity index is 2.61. The number of hydrogen-bond donors (Lipinski definition) is 0. The van der Waals surface area contributed by atoms with Gasteiger partial charge in [-0.3, -0.25) is 4.79 Å². The van der Waals surface area contributed by atoms with Crippen molar-refractivity contribution in [2.24, 2.45) is 0 Å². The zero-order chi connectivity index (χ0) is 14.3. The molecule has 0 aromatic heterocycles. The van der Waals surface area contributed by atoms with Gasteiger partial charge in [-0.25, -0.2) is 8.78 Å². The van der Waals surface area contributed by atoms with Crippen molar-refractivity contribution in [2.45, 2.75) is 12.8 Å². The molecule has 0 aliphatic rings. The molecule has 0 aliphatic heterocycles. The minimum absolute atomic E-state index is 0.0232. The number of rotatable bonds is 8.